The normalized spacial score (nSPS) is 22.9. The van der Waals surface area contributed by atoms with E-state index in [-0.39, 0.29) is 5.92 Å². The van der Waals surface area contributed by atoms with Gasteiger partial charge < -0.3 is 10.1 Å². The average molecular weight is 213 g/mol. The summed E-state index contributed by atoms with van der Waals surface area (Å²) in [5, 5.41) is 3.33. The second kappa shape index (κ2) is 6.96. The number of nitrogens with one attached hydrogen (secondary N) is 1. The molecule has 0 aromatic rings. The molecule has 1 fully saturated rings. The highest BCUT2D eigenvalue weighted by molar-refractivity contribution is 5.80. The molecule has 1 rings (SSSR count). The molecule has 0 bridgehead atoms. The molecule has 1 saturated heterocycles. The Bertz CT molecular complexity index is 188. The van der Waals surface area contributed by atoms with Gasteiger partial charge in [0.2, 0.25) is 0 Å². The Morgan fingerprint density at radius 1 is 1.60 bits per heavy atom. The summed E-state index contributed by atoms with van der Waals surface area (Å²) < 4.78 is 4.98. The highest BCUT2D eigenvalue weighted by Gasteiger charge is 2.18. The molecular weight excluding hydrogens is 190 g/mol. The molecule has 0 spiro atoms. The monoisotopic (exact) mass is 213 g/mol. The number of Topliss-reactive ketones (excluding diaryl/α,β-unsaturated/α-hetero) is 1. The predicted molar refractivity (Wildman–Crippen MR) is 60.9 cm³/mol. The van der Waals surface area contributed by atoms with Crippen LogP contribution in [0.25, 0.3) is 0 Å². The standard InChI is InChI=1S/C12H23NO2/c1-10(6-8-15-2)12(14)4-3-11-5-7-13-9-11/h10-11,13H,3-9H2,1-2H3. The van der Waals surface area contributed by atoms with Gasteiger partial charge in [-0.3, -0.25) is 4.79 Å². The van der Waals surface area contributed by atoms with E-state index in [1.807, 2.05) is 6.92 Å². The van der Waals surface area contributed by atoms with Crippen molar-refractivity contribution in [2.24, 2.45) is 11.8 Å². The Hall–Kier alpha value is -0.410. The van der Waals surface area contributed by atoms with E-state index in [1.54, 1.807) is 7.11 Å². The Kier molecular flexibility index (Phi) is 5.88. The first kappa shape index (κ1) is 12.7. The average Bonchev–Trinajstić information content (AvgIpc) is 2.75. The van der Waals surface area contributed by atoms with Crippen LogP contribution in [-0.4, -0.2) is 32.6 Å². The van der Waals surface area contributed by atoms with Gasteiger partial charge in [0, 0.05) is 26.1 Å². The molecule has 1 aliphatic heterocycles. The molecule has 0 aromatic heterocycles. The van der Waals surface area contributed by atoms with Gasteiger partial charge in [-0.1, -0.05) is 6.92 Å². The quantitative estimate of drug-likeness (QED) is 0.698. The summed E-state index contributed by atoms with van der Waals surface area (Å²) in [7, 11) is 1.68. The Morgan fingerprint density at radius 3 is 3.00 bits per heavy atom. The van der Waals surface area contributed by atoms with Crippen molar-refractivity contribution in [1.82, 2.24) is 5.32 Å². The zero-order chi connectivity index (χ0) is 11.1. The minimum Gasteiger partial charge on any atom is -0.385 e. The number of ketones is 1. The first-order chi connectivity index (χ1) is 7.24. The van der Waals surface area contributed by atoms with Crippen molar-refractivity contribution in [3.63, 3.8) is 0 Å². The summed E-state index contributed by atoms with van der Waals surface area (Å²) in [6, 6.07) is 0. The Balaban J connectivity index is 2.11. The maximum Gasteiger partial charge on any atom is 0.135 e. The molecule has 0 radical (unpaired) electrons. The molecule has 15 heavy (non-hydrogen) atoms. The van der Waals surface area contributed by atoms with Crippen LogP contribution in [0.5, 0.6) is 0 Å². The Morgan fingerprint density at radius 2 is 2.40 bits per heavy atom. The first-order valence-corrected chi connectivity index (χ1v) is 5.96. The van der Waals surface area contributed by atoms with E-state index >= 15 is 0 Å². The molecule has 2 unspecified atom stereocenters. The lowest BCUT2D eigenvalue weighted by atomic mass is 9.94. The van der Waals surface area contributed by atoms with Gasteiger partial charge in [-0.25, -0.2) is 0 Å². The molecule has 1 N–H and O–H groups in total. The van der Waals surface area contributed by atoms with Crippen LogP contribution < -0.4 is 5.32 Å². The second-order valence-electron chi connectivity index (χ2n) is 4.55. The van der Waals surface area contributed by atoms with E-state index in [1.165, 1.54) is 6.42 Å². The van der Waals surface area contributed by atoms with Crippen LogP contribution in [0.4, 0.5) is 0 Å². The van der Waals surface area contributed by atoms with Crippen molar-refractivity contribution < 1.29 is 9.53 Å². The van der Waals surface area contributed by atoms with E-state index in [2.05, 4.69) is 5.32 Å². The largest absolute Gasteiger partial charge is 0.385 e. The lowest BCUT2D eigenvalue weighted by molar-refractivity contribution is -0.123. The second-order valence-corrected chi connectivity index (χ2v) is 4.55. The van der Waals surface area contributed by atoms with E-state index in [0.717, 1.165) is 38.3 Å². The molecule has 3 heteroatoms. The van der Waals surface area contributed by atoms with Crippen molar-refractivity contribution in [2.75, 3.05) is 26.8 Å². The number of hydrogen-bond acceptors (Lipinski definition) is 3. The minimum absolute atomic E-state index is 0.166. The zero-order valence-corrected chi connectivity index (χ0v) is 9.92. The van der Waals surface area contributed by atoms with Crippen LogP contribution in [0.1, 0.15) is 32.6 Å². The van der Waals surface area contributed by atoms with Crippen LogP contribution >= 0.6 is 0 Å². The molecule has 0 saturated carbocycles. The maximum atomic E-state index is 11.7. The highest BCUT2D eigenvalue weighted by Crippen LogP contribution is 2.17. The number of ether oxygens (including phenoxy) is 1. The lowest BCUT2D eigenvalue weighted by Gasteiger charge is -2.11. The van der Waals surface area contributed by atoms with Crippen LogP contribution in [0.15, 0.2) is 0 Å². The molecule has 2 atom stereocenters. The van der Waals surface area contributed by atoms with Crippen molar-refractivity contribution in [3.8, 4) is 0 Å². The number of rotatable bonds is 7. The van der Waals surface area contributed by atoms with Gasteiger partial charge in [0.25, 0.3) is 0 Å². The van der Waals surface area contributed by atoms with Gasteiger partial charge in [-0.15, -0.1) is 0 Å². The highest BCUT2D eigenvalue weighted by atomic mass is 16.5. The number of hydrogen-bond donors (Lipinski definition) is 1. The fraction of sp³-hybridized carbons (Fsp3) is 0.917. The zero-order valence-electron chi connectivity index (χ0n) is 9.92. The molecule has 1 heterocycles. The third-order valence-electron chi connectivity index (χ3n) is 3.27. The minimum atomic E-state index is 0.166. The SMILES string of the molecule is COCCC(C)C(=O)CCC1CCNC1. The summed E-state index contributed by atoms with van der Waals surface area (Å²) in [6.45, 7) is 4.92. The number of methoxy groups -OCH3 is 1. The van der Waals surface area contributed by atoms with Crippen LogP contribution in [0, 0.1) is 11.8 Å². The maximum absolute atomic E-state index is 11.7. The van der Waals surface area contributed by atoms with Crippen LogP contribution in [0.3, 0.4) is 0 Å². The van der Waals surface area contributed by atoms with Gasteiger partial charge >= 0.3 is 0 Å². The van der Waals surface area contributed by atoms with E-state index in [4.69, 9.17) is 4.74 Å². The van der Waals surface area contributed by atoms with Crippen molar-refractivity contribution in [1.29, 1.82) is 0 Å². The van der Waals surface area contributed by atoms with E-state index in [9.17, 15) is 4.79 Å². The molecule has 1 aliphatic rings. The van der Waals surface area contributed by atoms with Crippen molar-refractivity contribution in [3.05, 3.63) is 0 Å². The summed E-state index contributed by atoms with van der Waals surface area (Å²) in [5.41, 5.74) is 0. The van der Waals surface area contributed by atoms with Crippen LogP contribution in [0.2, 0.25) is 0 Å². The van der Waals surface area contributed by atoms with Gasteiger partial charge in [-0.05, 0) is 38.3 Å². The topological polar surface area (TPSA) is 38.3 Å². The molecule has 0 aliphatic carbocycles. The van der Waals surface area contributed by atoms with Gasteiger partial charge in [0.05, 0.1) is 0 Å². The summed E-state index contributed by atoms with van der Waals surface area (Å²) >= 11 is 0. The molecule has 0 aromatic carbocycles. The summed E-state index contributed by atoms with van der Waals surface area (Å²) in [4.78, 5) is 11.7. The third-order valence-corrected chi connectivity index (χ3v) is 3.27. The van der Waals surface area contributed by atoms with Gasteiger partial charge in [-0.2, -0.15) is 0 Å². The number of carbonyl (C=O) groups is 1. The van der Waals surface area contributed by atoms with E-state index in [0.29, 0.717) is 12.4 Å². The molecule has 3 nitrogen and oxygen atoms in total. The number of carbonyl (C=O) groups excluding carboxylic acids is 1. The fourth-order valence-corrected chi connectivity index (χ4v) is 2.01. The van der Waals surface area contributed by atoms with Crippen LogP contribution in [-0.2, 0) is 9.53 Å². The van der Waals surface area contributed by atoms with Gasteiger partial charge in [0.1, 0.15) is 5.78 Å². The van der Waals surface area contributed by atoms with Crippen molar-refractivity contribution >= 4 is 5.78 Å². The van der Waals surface area contributed by atoms with Crippen molar-refractivity contribution in [2.45, 2.75) is 32.6 Å². The van der Waals surface area contributed by atoms with E-state index < -0.39 is 0 Å². The van der Waals surface area contributed by atoms with Gasteiger partial charge in [0.15, 0.2) is 0 Å². The molecule has 0 amide bonds. The fourth-order valence-electron chi connectivity index (χ4n) is 2.01. The Labute approximate surface area is 92.6 Å². The molecular formula is C12H23NO2. The molecule has 88 valence electrons. The summed E-state index contributed by atoms with van der Waals surface area (Å²) in [5.74, 6) is 1.29. The first-order valence-electron chi connectivity index (χ1n) is 5.96. The lowest BCUT2D eigenvalue weighted by Crippen LogP contribution is -2.15. The third kappa shape index (κ3) is 4.76. The summed E-state index contributed by atoms with van der Waals surface area (Å²) in [6.07, 6.45) is 3.90. The predicted octanol–water partition coefficient (Wildman–Crippen LogP) is 1.62. The smallest absolute Gasteiger partial charge is 0.135 e.